The lowest BCUT2D eigenvalue weighted by atomic mass is 9.84. The fourth-order valence-corrected chi connectivity index (χ4v) is 12.4. The van der Waals surface area contributed by atoms with E-state index in [0.717, 1.165) is 62.9 Å². The number of benzene rings is 1. The van der Waals surface area contributed by atoms with Crippen LogP contribution in [0.1, 0.15) is 147 Å². The predicted molar refractivity (Wildman–Crippen MR) is 289 cm³/mol. The van der Waals surface area contributed by atoms with Crippen molar-refractivity contribution in [3.63, 3.8) is 0 Å². The Bertz CT molecular complexity index is 2520. The molecule has 18 nitrogen and oxygen atoms in total. The molecular formula is C57H82F3N11O7. The minimum absolute atomic E-state index is 0.0108. The van der Waals surface area contributed by atoms with Gasteiger partial charge >= 0.3 is 6.18 Å². The lowest BCUT2D eigenvalue weighted by Crippen LogP contribution is -2.59. The van der Waals surface area contributed by atoms with E-state index in [1.165, 1.54) is 13.0 Å². The molecule has 1 unspecified atom stereocenters. The van der Waals surface area contributed by atoms with E-state index < -0.39 is 17.8 Å². The predicted octanol–water partition coefficient (Wildman–Crippen LogP) is 6.14. The van der Waals surface area contributed by atoms with Gasteiger partial charge in [0.05, 0.1) is 48.0 Å². The van der Waals surface area contributed by atoms with Crippen LogP contribution in [0.5, 0.6) is 0 Å². The fraction of sp³-hybridized carbons (Fsp3) is 0.684. The van der Waals surface area contributed by atoms with E-state index in [1.807, 2.05) is 30.3 Å². The average molecular weight is 1090 g/mol. The number of hydrogen-bond acceptors (Lipinski definition) is 13. The van der Waals surface area contributed by atoms with Crippen LogP contribution in [-0.4, -0.2) is 149 Å². The van der Waals surface area contributed by atoms with Crippen molar-refractivity contribution >= 4 is 46.3 Å². The number of alkyl halides is 3. The second-order valence-electron chi connectivity index (χ2n) is 23.3. The van der Waals surface area contributed by atoms with E-state index >= 15 is 0 Å². The van der Waals surface area contributed by atoms with E-state index in [9.17, 15) is 37.1 Å². The first-order chi connectivity index (χ1) is 37.3. The number of likely N-dealkylation sites (tertiary alicyclic amines) is 2. The summed E-state index contributed by atoms with van der Waals surface area (Å²) >= 11 is 0. The smallest absolute Gasteiger partial charge is 0.378 e. The van der Waals surface area contributed by atoms with Crippen molar-refractivity contribution in [3.05, 3.63) is 59.7 Å². The minimum atomic E-state index is -4.61. The Balaban J connectivity index is 0.718. The number of nitrogens with one attached hydrogen (secondary N) is 6. The molecule has 8 rings (SSSR count). The zero-order valence-corrected chi connectivity index (χ0v) is 46.1. The molecule has 0 radical (unpaired) electrons. The highest BCUT2D eigenvalue weighted by Gasteiger charge is 2.43. The number of fused-ring (bicyclic) bond motifs is 1. The molecule has 5 amide bonds. The maximum atomic E-state index is 14.1. The van der Waals surface area contributed by atoms with Crippen molar-refractivity contribution in [3.8, 4) is 0 Å². The number of hydrogen-bond donors (Lipinski definition) is 6. The van der Waals surface area contributed by atoms with Gasteiger partial charge in [-0.25, -0.2) is 9.97 Å². The van der Waals surface area contributed by atoms with Crippen LogP contribution in [0.15, 0.2) is 42.7 Å². The monoisotopic (exact) mass is 1090 g/mol. The van der Waals surface area contributed by atoms with Crippen molar-refractivity contribution in [1.82, 2.24) is 51.3 Å². The number of amides is 5. The number of pyridine rings is 1. The summed E-state index contributed by atoms with van der Waals surface area (Å²) in [6.45, 7) is 10.9. The molecule has 3 aromatic rings. The number of halogens is 3. The Morgan fingerprint density at radius 1 is 0.846 bits per heavy atom. The van der Waals surface area contributed by atoms with Gasteiger partial charge in [0.15, 0.2) is 0 Å². The first-order valence-corrected chi connectivity index (χ1v) is 28.4. The van der Waals surface area contributed by atoms with Gasteiger partial charge in [-0.05, 0) is 134 Å². The van der Waals surface area contributed by atoms with Crippen LogP contribution in [0.3, 0.4) is 0 Å². The van der Waals surface area contributed by atoms with Gasteiger partial charge in [0.2, 0.25) is 29.5 Å². The Kier molecular flexibility index (Phi) is 20.0. The van der Waals surface area contributed by atoms with Crippen molar-refractivity contribution in [1.29, 1.82) is 0 Å². The topological polar surface area (TPSA) is 221 Å². The molecule has 5 aliphatic rings. The SMILES string of the molecule is CC(=O)N[C@@H]1C[C@H](NC(C)(C)C)CC[C@@H]1N1CC[C@H](Nc2nc(CCNC(=O)C3CCC(NC(=O)CCCOC4CCC(OCCNCC5CC(=O)N(C)[C@@H]5c5cccnc5)CC4)CC3)nc3ccc(C(F)(F)F)cc23)C1=O. The van der Waals surface area contributed by atoms with E-state index in [4.69, 9.17) is 9.47 Å². The second-order valence-corrected chi connectivity index (χ2v) is 23.3. The molecule has 6 atom stereocenters. The molecule has 78 heavy (non-hydrogen) atoms. The van der Waals surface area contributed by atoms with Crippen LogP contribution >= 0.6 is 0 Å². The van der Waals surface area contributed by atoms with E-state index in [0.29, 0.717) is 89.8 Å². The summed E-state index contributed by atoms with van der Waals surface area (Å²) in [6, 6.07) is 6.12. The lowest BCUT2D eigenvalue weighted by Gasteiger charge is -2.43. The van der Waals surface area contributed by atoms with Crippen LogP contribution in [0.2, 0.25) is 0 Å². The molecule has 6 N–H and O–H groups in total. The standard InChI is InChI=1S/C57H82F3N11O7/c1-35(72)64-47-32-41(69-56(2,3)4)15-21-48(47)71-27-23-46(55(71)76)67-53-44-31-39(57(58,59)60)12-20-45(44)66-49(68-53)22-25-63-54(75)36-10-13-40(14-11-36)65-50(73)9-7-28-77-42-16-18-43(19-17-42)78-29-26-62-34-38-30-51(74)70(5)52(38)37-8-6-24-61-33-37/h6,8,12,20,24,31,33,36,38,40-43,46-48,52,62,69H,7,9-11,13-19,21-23,25-30,32,34H2,1-5H3,(H,63,75)(H,64,72)(H,65,73)(H,66,67,68)/t36?,38?,40?,41-,42?,43?,46+,47-,48+,52-/m1/s1. The number of rotatable bonds is 22. The number of ether oxygens (including phenoxy) is 2. The zero-order valence-electron chi connectivity index (χ0n) is 46.1. The number of carbonyl (C=O) groups is 5. The second kappa shape index (κ2) is 26.6. The van der Waals surface area contributed by atoms with Crippen molar-refractivity contribution in [2.24, 2.45) is 11.8 Å². The lowest BCUT2D eigenvalue weighted by molar-refractivity contribution is -0.137. The third-order valence-corrected chi connectivity index (χ3v) is 16.3. The minimum Gasteiger partial charge on any atom is -0.378 e. The molecule has 0 spiro atoms. The summed E-state index contributed by atoms with van der Waals surface area (Å²) in [5.74, 6) is 0.00623. The molecule has 3 saturated carbocycles. The molecule has 21 heteroatoms. The van der Waals surface area contributed by atoms with Gasteiger partial charge in [0.25, 0.3) is 0 Å². The first-order valence-electron chi connectivity index (χ1n) is 28.4. The first kappa shape index (κ1) is 58.6. The Labute approximate surface area is 456 Å². The largest absolute Gasteiger partial charge is 0.416 e. The Hall–Kier alpha value is -5.51. The molecular weight excluding hydrogens is 1010 g/mol. The maximum absolute atomic E-state index is 14.1. The van der Waals surface area contributed by atoms with Crippen LogP contribution in [0, 0.1) is 11.8 Å². The fourth-order valence-electron chi connectivity index (χ4n) is 12.4. The highest BCUT2D eigenvalue weighted by molar-refractivity contribution is 5.93. The number of anilines is 1. The van der Waals surface area contributed by atoms with Crippen LogP contribution in [0.4, 0.5) is 19.0 Å². The van der Waals surface area contributed by atoms with Gasteiger partial charge in [0, 0.05) is 113 Å². The van der Waals surface area contributed by atoms with Crippen molar-refractivity contribution in [2.45, 2.75) is 191 Å². The number of carbonyl (C=O) groups excluding carboxylic acids is 5. The molecule has 5 fully saturated rings. The number of nitrogens with zero attached hydrogens (tertiary/aromatic N) is 5. The summed E-state index contributed by atoms with van der Waals surface area (Å²) in [4.78, 5) is 82.2. The third kappa shape index (κ3) is 16.1. The van der Waals surface area contributed by atoms with Gasteiger partial charge in [-0.1, -0.05) is 6.07 Å². The zero-order chi connectivity index (χ0) is 55.6. The summed E-state index contributed by atoms with van der Waals surface area (Å²) in [5, 5.41) is 19.7. The van der Waals surface area contributed by atoms with Crippen LogP contribution in [-0.2, 0) is 46.0 Å². The molecule has 2 aliphatic heterocycles. The van der Waals surface area contributed by atoms with Crippen LogP contribution < -0.4 is 31.9 Å². The summed E-state index contributed by atoms with van der Waals surface area (Å²) in [7, 11) is 1.86. The van der Waals surface area contributed by atoms with E-state index in [1.54, 1.807) is 11.1 Å². The van der Waals surface area contributed by atoms with Crippen LogP contribution in [0.25, 0.3) is 10.9 Å². The van der Waals surface area contributed by atoms with Gasteiger partial charge in [-0.3, -0.25) is 29.0 Å². The highest BCUT2D eigenvalue weighted by Crippen LogP contribution is 2.37. The molecule has 0 bridgehead atoms. The molecule has 3 aliphatic carbocycles. The normalized spacial score (nSPS) is 27.0. The Morgan fingerprint density at radius 2 is 1.58 bits per heavy atom. The molecule has 2 aromatic heterocycles. The van der Waals surface area contributed by atoms with Gasteiger partial charge in [0.1, 0.15) is 17.7 Å². The molecule has 428 valence electrons. The summed E-state index contributed by atoms with van der Waals surface area (Å²) in [6.07, 6.45) is 9.86. The van der Waals surface area contributed by atoms with Gasteiger partial charge < -0.3 is 51.2 Å². The summed E-state index contributed by atoms with van der Waals surface area (Å²) < 4.78 is 54.2. The quantitative estimate of drug-likeness (QED) is 0.0624. The molecule has 4 heterocycles. The maximum Gasteiger partial charge on any atom is 0.416 e. The summed E-state index contributed by atoms with van der Waals surface area (Å²) in [5.41, 5.74) is 0.346. The van der Waals surface area contributed by atoms with E-state index in [-0.39, 0.29) is 119 Å². The average Bonchev–Trinajstić information content (AvgIpc) is 3.96. The molecule has 1 aromatic carbocycles. The van der Waals surface area contributed by atoms with Crippen molar-refractivity contribution in [2.75, 3.05) is 51.8 Å². The number of aromatic nitrogens is 3. The third-order valence-electron chi connectivity index (χ3n) is 16.3. The molecule has 2 saturated heterocycles. The van der Waals surface area contributed by atoms with E-state index in [2.05, 4.69) is 67.6 Å². The van der Waals surface area contributed by atoms with Gasteiger partial charge in [-0.15, -0.1) is 0 Å². The van der Waals surface area contributed by atoms with Crippen molar-refractivity contribution < 1.29 is 46.6 Å². The Morgan fingerprint density at radius 3 is 2.27 bits per heavy atom. The highest BCUT2D eigenvalue weighted by atomic mass is 19.4. The van der Waals surface area contributed by atoms with Gasteiger partial charge in [-0.2, -0.15) is 13.2 Å².